The van der Waals surface area contributed by atoms with Crippen LogP contribution in [0.25, 0.3) is 0 Å². The standard InChI is InChI=1S/C7H11FO3/c8-7(6(10)11)4-2-1-3-5(7)9/h5,9H,1-4H2,(H,10,11)/t5-,7+/m1/s1. The van der Waals surface area contributed by atoms with E-state index in [-0.39, 0.29) is 12.8 Å². The van der Waals surface area contributed by atoms with Crippen LogP contribution in [0.5, 0.6) is 0 Å². The molecule has 1 rings (SSSR count). The third-order valence-electron chi connectivity index (χ3n) is 2.15. The minimum Gasteiger partial charge on any atom is -0.479 e. The van der Waals surface area contributed by atoms with Crippen LogP contribution >= 0.6 is 0 Å². The second-order valence-electron chi connectivity index (χ2n) is 2.93. The number of carbonyl (C=O) groups is 1. The molecule has 2 atom stereocenters. The molecule has 1 aliphatic rings. The molecule has 1 aliphatic carbocycles. The molecule has 11 heavy (non-hydrogen) atoms. The number of hydrogen-bond acceptors (Lipinski definition) is 2. The second-order valence-corrected chi connectivity index (χ2v) is 2.93. The second kappa shape index (κ2) is 2.77. The van der Waals surface area contributed by atoms with E-state index in [2.05, 4.69) is 0 Å². The van der Waals surface area contributed by atoms with Crippen LogP contribution in [-0.4, -0.2) is 28.0 Å². The molecular formula is C7H11FO3. The number of aliphatic carboxylic acids is 1. The summed E-state index contributed by atoms with van der Waals surface area (Å²) in [6, 6.07) is 0. The van der Waals surface area contributed by atoms with Crippen molar-refractivity contribution < 1.29 is 19.4 Å². The van der Waals surface area contributed by atoms with Crippen LogP contribution < -0.4 is 0 Å². The van der Waals surface area contributed by atoms with Gasteiger partial charge in [-0.05, 0) is 19.3 Å². The first-order chi connectivity index (χ1) is 5.07. The molecule has 0 unspecified atom stereocenters. The molecule has 0 aromatic heterocycles. The van der Waals surface area contributed by atoms with Crippen LogP contribution in [-0.2, 0) is 4.79 Å². The van der Waals surface area contributed by atoms with Crippen molar-refractivity contribution in [1.82, 2.24) is 0 Å². The molecule has 0 spiro atoms. The third kappa shape index (κ3) is 1.35. The van der Waals surface area contributed by atoms with Crippen molar-refractivity contribution in [1.29, 1.82) is 0 Å². The number of carboxylic acid groups (broad SMARTS) is 1. The summed E-state index contributed by atoms with van der Waals surface area (Å²) in [4.78, 5) is 10.4. The highest BCUT2D eigenvalue weighted by molar-refractivity contribution is 5.78. The van der Waals surface area contributed by atoms with Crippen molar-refractivity contribution in [2.45, 2.75) is 37.5 Å². The molecule has 1 saturated carbocycles. The maximum atomic E-state index is 13.2. The van der Waals surface area contributed by atoms with Crippen molar-refractivity contribution >= 4 is 5.97 Å². The van der Waals surface area contributed by atoms with Gasteiger partial charge in [-0.15, -0.1) is 0 Å². The van der Waals surface area contributed by atoms with Crippen LogP contribution in [0.1, 0.15) is 25.7 Å². The fourth-order valence-electron chi connectivity index (χ4n) is 1.36. The van der Waals surface area contributed by atoms with Gasteiger partial charge in [0, 0.05) is 0 Å². The zero-order valence-corrected chi connectivity index (χ0v) is 6.09. The van der Waals surface area contributed by atoms with Gasteiger partial charge in [0.25, 0.3) is 0 Å². The highest BCUT2D eigenvalue weighted by Gasteiger charge is 2.47. The number of halogens is 1. The Labute approximate surface area is 63.8 Å². The first kappa shape index (κ1) is 8.46. The summed E-state index contributed by atoms with van der Waals surface area (Å²) >= 11 is 0. The Hall–Kier alpha value is -0.640. The lowest BCUT2D eigenvalue weighted by molar-refractivity contribution is -0.163. The van der Waals surface area contributed by atoms with Gasteiger partial charge in [0.15, 0.2) is 0 Å². The highest BCUT2D eigenvalue weighted by Crippen LogP contribution is 2.32. The summed E-state index contributed by atoms with van der Waals surface area (Å²) in [7, 11) is 0. The number of alkyl halides is 1. The summed E-state index contributed by atoms with van der Waals surface area (Å²) in [5.41, 5.74) is -2.39. The van der Waals surface area contributed by atoms with Crippen LogP contribution in [0.15, 0.2) is 0 Å². The lowest BCUT2D eigenvalue weighted by atomic mass is 9.84. The summed E-state index contributed by atoms with van der Waals surface area (Å²) in [5.74, 6) is -1.54. The van der Waals surface area contributed by atoms with Crippen LogP contribution in [0, 0.1) is 0 Å². The molecule has 0 amide bonds. The SMILES string of the molecule is O=C(O)[C@]1(F)CCCC[C@H]1O. The van der Waals surface area contributed by atoms with Crippen molar-refractivity contribution in [2.75, 3.05) is 0 Å². The number of rotatable bonds is 1. The van der Waals surface area contributed by atoms with Crippen molar-refractivity contribution in [2.24, 2.45) is 0 Å². The molecule has 0 radical (unpaired) electrons. The van der Waals surface area contributed by atoms with E-state index in [0.29, 0.717) is 12.8 Å². The van der Waals surface area contributed by atoms with Gasteiger partial charge < -0.3 is 10.2 Å². The van der Waals surface area contributed by atoms with Crippen molar-refractivity contribution in [3.05, 3.63) is 0 Å². The average Bonchev–Trinajstić information content (AvgIpc) is 1.95. The Bertz CT molecular complexity index is 171. The first-order valence-corrected chi connectivity index (χ1v) is 3.68. The van der Waals surface area contributed by atoms with Crippen LogP contribution in [0.3, 0.4) is 0 Å². The topological polar surface area (TPSA) is 57.5 Å². The largest absolute Gasteiger partial charge is 0.479 e. The Morgan fingerprint density at radius 3 is 2.55 bits per heavy atom. The normalized spacial score (nSPS) is 38.5. The molecule has 2 N–H and O–H groups in total. The number of aliphatic hydroxyl groups is 1. The average molecular weight is 162 g/mol. The lowest BCUT2D eigenvalue weighted by Gasteiger charge is -2.30. The first-order valence-electron chi connectivity index (χ1n) is 3.68. The zero-order valence-electron chi connectivity index (χ0n) is 6.09. The van der Waals surface area contributed by atoms with Gasteiger partial charge in [-0.1, -0.05) is 6.42 Å². The molecular weight excluding hydrogens is 151 g/mol. The molecule has 0 aromatic rings. The van der Waals surface area contributed by atoms with Crippen molar-refractivity contribution in [3.63, 3.8) is 0 Å². The van der Waals surface area contributed by atoms with E-state index in [9.17, 15) is 9.18 Å². The van der Waals surface area contributed by atoms with Gasteiger partial charge in [0.05, 0.1) is 6.10 Å². The van der Waals surface area contributed by atoms with E-state index >= 15 is 0 Å². The maximum Gasteiger partial charge on any atom is 0.344 e. The smallest absolute Gasteiger partial charge is 0.344 e. The van der Waals surface area contributed by atoms with E-state index in [4.69, 9.17) is 10.2 Å². The molecule has 0 heterocycles. The summed E-state index contributed by atoms with van der Waals surface area (Å²) < 4.78 is 13.2. The maximum absolute atomic E-state index is 13.2. The molecule has 0 bridgehead atoms. The summed E-state index contributed by atoms with van der Waals surface area (Å²) in [6.45, 7) is 0. The van der Waals surface area contributed by atoms with E-state index in [0.717, 1.165) is 0 Å². The molecule has 1 fully saturated rings. The molecule has 3 nitrogen and oxygen atoms in total. The van der Waals surface area contributed by atoms with Gasteiger partial charge in [-0.3, -0.25) is 0 Å². The molecule has 4 heteroatoms. The quantitative estimate of drug-likeness (QED) is 0.597. The molecule has 64 valence electrons. The monoisotopic (exact) mass is 162 g/mol. The summed E-state index contributed by atoms with van der Waals surface area (Å²) in [5, 5.41) is 17.5. The predicted octanol–water partition coefficient (Wildman–Crippen LogP) is 0.714. The Morgan fingerprint density at radius 2 is 2.18 bits per heavy atom. The minimum atomic E-state index is -2.39. The Morgan fingerprint density at radius 1 is 1.55 bits per heavy atom. The van der Waals surface area contributed by atoms with Crippen LogP contribution in [0.4, 0.5) is 4.39 Å². The van der Waals surface area contributed by atoms with Crippen LogP contribution in [0.2, 0.25) is 0 Å². The molecule has 0 aromatic carbocycles. The van der Waals surface area contributed by atoms with E-state index in [1.807, 2.05) is 0 Å². The number of hydrogen-bond donors (Lipinski definition) is 2. The van der Waals surface area contributed by atoms with Gasteiger partial charge in [-0.25, -0.2) is 9.18 Å². The van der Waals surface area contributed by atoms with Gasteiger partial charge in [0.1, 0.15) is 0 Å². The van der Waals surface area contributed by atoms with Gasteiger partial charge >= 0.3 is 5.97 Å². The minimum absolute atomic E-state index is 0.0660. The van der Waals surface area contributed by atoms with E-state index < -0.39 is 17.7 Å². The van der Waals surface area contributed by atoms with E-state index in [1.54, 1.807) is 0 Å². The summed E-state index contributed by atoms with van der Waals surface area (Å²) in [6.07, 6.45) is 0.112. The highest BCUT2D eigenvalue weighted by atomic mass is 19.1. The van der Waals surface area contributed by atoms with Crippen molar-refractivity contribution in [3.8, 4) is 0 Å². The van der Waals surface area contributed by atoms with E-state index in [1.165, 1.54) is 0 Å². The molecule has 0 saturated heterocycles. The number of carboxylic acids is 1. The Kier molecular flexibility index (Phi) is 2.13. The Balaban J connectivity index is 2.72. The predicted molar refractivity (Wildman–Crippen MR) is 35.9 cm³/mol. The molecule has 0 aliphatic heterocycles. The zero-order chi connectivity index (χ0) is 8.48. The lowest BCUT2D eigenvalue weighted by Crippen LogP contribution is -2.47. The third-order valence-corrected chi connectivity index (χ3v) is 2.15. The van der Waals surface area contributed by atoms with Gasteiger partial charge in [-0.2, -0.15) is 0 Å². The number of aliphatic hydroxyl groups excluding tert-OH is 1. The fraction of sp³-hybridized carbons (Fsp3) is 0.857. The van der Waals surface area contributed by atoms with Gasteiger partial charge in [0.2, 0.25) is 5.67 Å². The fourth-order valence-corrected chi connectivity index (χ4v) is 1.36.